The van der Waals surface area contributed by atoms with E-state index in [9.17, 15) is 4.39 Å². The Hall–Kier alpha value is -0.960. The van der Waals surface area contributed by atoms with Crippen molar-refractivity contribution in [3.8, 4) is 0 Å². The van der Waals surface area contributed by atoms with E-state index in [0.717, 1.165) is 18.4 Å². The molecule has 2 rings (SSSR count). The fourth-order valence-corrected chi connectivity index (χ4v) is 2.53. The number of halogens is 1. The minimum Gasteiger partial charge on any atom is -0.327 e. The van der Waals surface area contributed by atoms with Crippen molar-refractivity contribution in [3.05, 3.63) is 29.8 Å². The molecule has 0 saturated heterocycles. The molecule has 15 heavy (non-hydrogen) atoms. The molecule has 1 heterocycles. The second kappa shape index (κ2) is 3.56. The lowest BCUT2D eigenvalue weighted by Gasteiger charge is -2.52. The minimum atomic E-state index is -0.258. The van der Waals surface area contributed by atoms with Gasteiger partial charge in [-0.05, 0) is 35.8 Å². The Balaban J connectivity index is 2.26. The molecule has 3 atom stereocenters. The van der Waals surface area contributed by atoms with Crippen LogP contribution in [-0.2, 0) is 0 Å². The van der Waals surface area contributed by atoms with E-state index in [1.165, 1.54) is 6.20 Å². The van der Waals surface area contributed by atoms with Crippen LogP contribution in [0.15, 0.2) is 18.5 Å². The van der Waals surface area contributed by atoms with Crippen molar-refractivity contribution in [2.75, 3.05) is 0 Å². The topological polar surface area (TPSA) is 38.9 Å². The third-order valence-corrected chi connectivity index (χ3v) is 4.02. The van der Waals surface area contributed by atoms with Crippen LogP contribution in [-0.4, -0.2) is 11.0 Å². The molecule has 1 saturated carbocycles. The largest absolute Gasteiger partial charge is 0.327 e. The van der Waals surface area contributed by atoms with Crippen molar-refractivity contribution >= 4 is 0 Å². The molecule has 2 N–H and O–H groups in total. The monoisotopic (exact) mass is 208 g/mol. The highest BCUT2D eigenvalue weighted by Crippen LogP contribution is 2.53. The van der Waals surface area contributed by atoms with Gasteiger partial charge in [-0.1, -0.05) is 13.8 Å². The molecule has 3 heteroatoms. The van der Waals surface area contributed by atoms with E-state index in [0.29, 0.717) is 5.92 Å². The average Bonchev–Trinajstić information content (AvgIpc) is 2.24. The Morgan fingerprint density at radius 3 is 2.87 bits per heavy atom. The second-order valence-electron chi connectivity index (χ2n) is 4.69. The number of hydrogen-bond acceptors (Lipinski definition) is 2. The summed E-state index contributed by atoms with van der Waals surface area (Å²) in [6.07, 6.45) is 4.96. The van der Waals surface area contributed by atoms with Gasteiger partial charge in [-0.3, -0.25) is 4.98 Å². The Morgan fingerprint density at radius 1 is 1.60 bits per heavy atom. The Kier molecular flexibility index (Phi) is 2.51. The van der Waals surface area contributed by atoms with Crippen molar-refractivity contribution in [1.29, 1.82) is 0 Å². The molecular weight excluding hydrogens is 191 g/mol. The lowest BCUT2D eigenvalue weighted by molar-refractivity contribution is 0.0702. The van der Waals surface area contributed by atoms with E-state index in [1.807, 2.05) is 0 Å². The SMILES string of the molecule is CCC1(C)C(N)CC1c1cncc(F)c1. The fraction of sp³-hybridized carbons (Fsp3) is 0.583. The molecule has 1 aliphatic rings. The summed E-state index contributed by atoms with van der Waals surface area (Å²) in [7, 11) is 0. The molecule has 2 nitrogen and oxygen atoms in total. The van der Waals surface area contributed by atoms with Crippen LogP contribution in [0.3, 0.4) is 0 Å². The molecule has 0 bridgehead atoms. The minimum absolute atomic E-state index is 0.107. The zero-order valence-corrected chi connectivity index (χ0v) is 9.20. The first kappa shape index (κ1) is 10.6. The normalized spacial score (nSPS) is 34.9. The first-order valence-electron chi connectivity index (χ1n) is 5.44. The van der Waals surface area contributed by atoms with E-state index in [2.05, 4.69) is 18.8 Å². The van der Waals surface area contributed by atoms with Gasteiger partial charge in [-0.15, -0.1) is 0 Å². The molecule has 1 aliphatic carbocycles. The van der Waals surface area contributed by atoms with Crippen molar-refractivity contribution < 1.29 is 4.39 Å². The molecule has 0 radical (unpaired) electrons. The van der Waals surface area contributed by atoms with Crippen molar-refractivity contribution in [3.63, 3.8) is 0 Å². The maximum Gasteiger partial charge on any atom is 0.141 e. The smallest absolute Gasteiger partial charge is 0.141 e. The molecule has 1 aromatic rings. The summed E-state index contributed by atoms with van der Waals surface area (Å²) in [5.74, 6) is 0.104. The van der Waals surface area contributed by atoms with Gasteiger partial charge < -0.3 is 5.73 Å². The molecule has 3 unspecified atom stereocenters. The standard InChI is InChI=1S/C12H17FN2/c1-3-12(2)10(5-11(12)14)8-4-9(13)7-15-6-8/h4,6-7,10-11H,3,5,14H2,1-2H3. The van der Waals surface area contributed by atoms with Gasteiger partial charge in [0.25, 0.3) is 0 Å². The van der Waals surface area contributed by atoms with E-state index >= 15 is 0 Å². The highest BCUT2D eigenvalue weighted by molar-refractivity contribution is 5.25. The summed E-state index contributed by atoms with van der Waals surface area (Å²) in [5, 5.41) is 0. The molecular formula is C12H17FN2. The summed E-state index contributed by atoms with van der Waals surface area (Å²) in [6.45, 7) is 4.31. The summed E-state index contributed by atoms with van der Waals surface area (Å²) in [4.78, 5) is 3.90. The third-order valence-electron chi connectivity index (χ3n) is 4.02. The molecule has 0 aromatic carbocycles. The molecule has 1 aromatic heterocycles. The second-order valence-corrected chi connectivity index (χ2v) is 4.69. The third kappa shape index (κ3) is 1.55. The summed E-state index contributed by atoms with van der Waals surface area (Å²) >= 11 is 0. The predicted molar refractivity (Wildman–Crippen MR) is 57.9 cm³/mol. The maximum atomic E-state index is 13.0. The van der Waals surface area contributed by atoms with Crippen LogP contribution in [0.4, 0.5) is 4.39 Å². The van der Waals surface area contributed by atoms with Gasteiger partial charge in [0.05, 0.1) is 6.20 Å². The zero-order valence-electron chi connectivity index (χ0n) is 9.20. The van der Waals surface area contributed by atoms with Crippen LogP contribution in [0, 0.1) is 11.2 Å². The van der Waals surface area contributed by atoms with E-state index in [-0.39, 0.29) is 17.3 Å². The lowest BCUT2D eigenvalue weighted by atomic mass is 9.54. The maximum absolute atomic E-state index is 13.0. The first-order chi connectivity index (χ1) is 7.08. The number of aromatic nitrogens is 1. The molecule has 0 spiro atoms. The van der Waals surface area contributed by atoms with Gasteiger partial charge in [0.1, 0.15) is 5.82 Å². The number of pyridine rings is 1. The number of nitrogens with two attached hydrogens (primary N) is 1. The van der Waals surface area contributed by atoms with Crippen LogP contribution in [0.25, 0.3) is 0 Å². The van der Waals surface area contributed by atoms with Gasteiger partial charge >= 0.3 is 0 Å². The average molecular weight is 208 g/mol. The van der Waals surface area contributed by atoms with Crippen molar-refractivity contribution in [1.82, 2.24) is 4.98 Å². The lowest BCUT2D eigenvalue weighted by Crippen LogP contribution is -2.54. The number of nitrogens with zero attached hydrogens (tertiary/aromatic N) is 1. The molecule has 0 amide bonds. The van der Waals surface area contributed by atoms with Gasteiger partial charge in [0.2, 0.25) is 0 Å². The molecule has 0 aliphatic heterocycles. The quantitative estimate of drug-likeness (QED) is 0.810. The van der Waals surface area contributed by atoms with Crippen LogP contribution in [0.1, 0.15) is 38.2 Å². The fourth-order valence-electron chi connectivity index (χ4n) is 2.53. The van der Waals surface area contributed by atoms with Crippen LogP contribution < -0.4 is 5.73 Å². The van der Waals surface area contributed by atoms with Crippen LogP contribution >= 0.6 is 0 Å². The highest BCUT2D eigenvalue weighted by Gasteiger charge is 2.48. The van der Waals surface area contributed by atoms with Gasteiger partial charge in [0.15, 0.2) is 0 Å². The van der Waals surface area contributed by atoms with E-state index < -0.39 is 0 Å². The summed E-state index contributed by atoms with van der Waals surface area (Å²) in [5.41, 5.74) is 7.11. The van der Waals surface area contributed by atoms with Crippen molar-refractivity contribution in [2.24, 2.45) is 11.1 Å². The Labute approximate surface area is 89.7 Å². The molecule has 82 valence electrons. The van der Waals surface area contributed by atoms with E-state index in [4.69, 9.17) is 5.73 Å². The first-order valence-corrected chi connectivity index (χ1v) is 5.44. The summed E-state index contributed by atoms with van der Waals surface area (Å²) in [6, 6.07) is 1.81. The highest BCUT2D eigenvalue weighted by atomic mass is 19.1. The Bertz CT molecular complexity index is 366. The van der Waals surface area contributed by atoms with Crippen molar-refractivity contribution in [2.45, 2.75) is 38.6 Å². The van der Waals surface area contributed by atoms with Gasteiger partial charge in [0, 0.05) is 12.2 Å². The number of hydrogen-bond donors (Lipinski definition) is 1. The molecule has 1 fully saturated rings. The van der Waals surface area contributed by atoms with Gasteiger partial charge in [-0.25, -0.2) is 4.39 Å². The Morgan fingerprint density at radius 2 is 2.33 bits per heavy atom. The summed E-state index contributed by atoms with van der Waals surface area (Å²) < 4.78 is 13.0. The predicted octanol–water partition coefficient (Wildman–Crippen LogP) is 2.45. The zero-order chi connectivity index (χ0) is 11.1. The van der Waals surface area contributed by atoms with Crippen LogP contribution in [0.5, 0.6) is 0 Å². The van der Waals surface area contributed by atoms with Gasteiger partial charge in [-0.2, -0.15) is 0 Å². The van der Waals surface area contributed by atoms with E-state index in [1.54, 1.807) is 12.3 Å². The van der Waals surface area contributed by atoms with Crippen LogP contribution in [0.2, 0.25) is 0 Å². The number of rotatable bonds is 2.